The molecule has 0 aliphatic carbocycles. The second kappa shape index (κ2) is 11.1. The van der Waals surface area contributed by atoms with Crippen LogP contribution in [-0.4, -0.2) is 47.3 Å². The Morgan fingerprint density at radius 2 is 1.84 bits per heavy atom. The molecule has 2 heterocycles. The highest BCUT2D eigenvalue weighted by Gasteiger charge is 2.17. The summed E-state index contributed by atoms with van der Waals surface area (Å²) in [6.07, 6.45) is 0.740. The summed E-state index contributed by atoms with van der Waals surface area (Å²) in [4.78, 5) is 29.4. The van der Waals surface area contributed by atoms with Crippen molar-refractivity contribution >= 4 is 23.2 Å². The van der Waals surface area contributed by atoms with Crippen LogP contribution in [0.2, 0.25) is 0 Å². The summed E-state index contributed by atoms with van der Waals surface area (Å²) in [7, 11) is 3.22. The van der Waals surface area contributed by atoms with E-state index in [4.69, 9.17) is 24.3 Å². The molecular weight excluding hydrogens is 472 g/mol. The second-order valence-corrected chi connectivity index (χ2v) is 8.48. The van der Waals surface area contributed by atoms with E-state index in [1.54, 1.807) is 49.9 Å². The number of amides is 1. The molecule has 4 aromatic rings. The highest BCUT2D eigenvalue weighted by atomic mass is 16.5. The minimum Gasteiger partial charge on any atom is -0.497 e. The van der Waals surface area contributed by atoms with Crippen molar-refractivity contribution in [3.8, 4) is 22.8 Å². The largest absolute Gasteiger partial charge is 0.497 e. The zero-order chi connectivity index (χ0) is 26.5. The minimum absolute atomic E-state index is 0.163. The van der Waals surface area contributed by atoms with Gasteiger partial charge >= 0.3 is 5.97 Å². The fourth-order valence-electron chi connectivity index (χ4n) is 4.23. The Kier molecular flexibility index (Phi) is 7.71. The Bertz CT molecular complexity index is 1460. The molecule has 9 heteroatoms. The first-order chi connectivity index (χ1) is 17.8. The molecule has 0 aliphatic rings. The third kappa shape index (κ3) is 5.55. The van der Waals surface area contributed by atoms with Gasteiger partial charge in [-0.2, -0.15) is 5.10 Å². The number of benzene rings is 2. The number of methoxy groups -OCH3 is 2. The van der Waals surface area contributed by atoms with Gasteiger partial charge in [-0.05, 0) is 63.1 Å². The van der Waals surface area contributed by atoms with Crippen LogP contribution in [0.15, 0.2) is 48.5 Å². The zero-order valence-electron chi connectivity index (χ0n) is 21.6. The Labute approximate surface area is 215 Å². The number of rotatable bonds is 9. The van der Waals surface area contributed by atoms with Crippen LogP contribution in [0.3, 0.4) is 0 Å². The van der Waals surface area contributed by atoms with Crippen molar-refractivity contribution in [2.24, 2.45) is 0 Å². The van der Waals surface area contributed by atoms with Gasteiger partial charge in [0.15, 0.2) is 5.65 Å². The number of ether oxygens (including phenoxy) is 3. The quantitative estimate of drug-likeness (QED) is 0.329. The summed E-state index contributed by atoms with van der Waals surface area (Å²) in [6.45, 7) is 5.95. The topological polar surface area (TPSA) is 104 Å². The molecule has 0 radical (unpaired) electrons. The zero-order valence-corrected chi connectivity index (χ0v) is 21.6. The molecule has 1 amide bonds. The summed E-state index contributed by atoms with van der Waals surface area (Å²) in [5, 5.41) is 7.63. The van der Waals surface area contributed by atoms with Gasteiger partial charge in [-0.3, -0.25) is 4.79 Å². The van der Waals surface area contributed by atoms with E-state index in [-0.39, 0.29) is 18.9 Å². The van der Waals surface area contributed by atoms with E-state index < -0.39 is 5.97 Å². The van der Waals surface area contributed by atoms with Crippen molar-refractivity contribution < 1.29 is 23.8 Å². The Morgan fingerprint density at radius 1 is 1.03 bits per heavy atom. The summed E-state index contributed by atoms with van der Waals surface area (Å²) >= 11 is 0. The van der Waals surface area contributed by atoms with Gasteiger partial charge in [0.25, 0.3) is 0 Å². The van der Waals surface area contributed by atoms with Crippen LogP contribution < -0.4 is 14.8 Å². The Balaban J connectivity index is 1.52. The van der Waals surface area contributed by atoms with Gasteiger partial charge in [-0.15, -0.1) is 0 Å². The second-order valence-electron chi connectivity index (χ2n) is 8.48. The molecule has 0 aliphatic heterocycles. The molecule has 0 saturated heterocycles. The fraction of sp³-hybridized carbons (Fsp3) is 0.286. The highest BCUT2D eigenvalue weighted by molar-refractivity contribution is 5.94. The number of aromatic nitrogens is 3. The summed E-state index contributed by atoms with van der Waals surface area (Å²) in [5.74, 6) is 0.767. The van der Waals surface area contributed by atoms with Crippen LogP contribution in [0.4, 0.5) is 5.69 Å². The maximum Gasteiger partial charge on any atom is 0.338 e. The lowest BCUT2D eigenvalue weighted by Gasteiger charge is -2.11. The fourth-order valence-corrected chi connectivity index (χ4v) is 4.23. The van der Waals surface area contributed by atoms with Gasteiger partial charge < -0.3 is 19.5 Å². The van der Waals surface area contributed by atoms with Crippen LogP contribution in [0, 0.1) is 13.8 Å². The number of fused-ring (bicyclic) bond motifs is 1. The van der Waals surface area contributed by atoms with Crippen molar-refractivity contribution in [3.63, 3.8) is 0 Å². The predicted molar refractivity (Wildman–Crippen MR) is 140 cm³/mol. The first kappa shape index (κ1) is 25.7. The average molecular weight is 503 g/mol. The lowest BCUT2D eigenvalue weighted by atomic mass is 10.1. The van der Waals surface area contributed by atoms with E-state index in [9.17, 15) is 9.59 Å². The molecule has 2 aromatic heterocycles. The standard InChI is InChI=1S/C28H30N4O5/c1-6-37-28(34)19-8-7-9-20(14-19)30-27(33)13-12-22-17(2)29-26-16-24(31-32(26)18(22)3)23-11-10-21(35-4)15-25(23)36-5/h7-11,14-16H,6,12-13H2,1-5H3,(H,30,33). The first-order valence-electron chi connectivity index (χ1n) is 12.0. The lowest BCUT2D eigenvalue weighted by Crippen LogP contribution is -2.15. The Hall–Kier alpha value is -4.40. The highest BCUT2D eigenvalue weighted by Crippen LogP contribution is 2.33. The number of hydrogen-bond acceptors (Lipinski definition) is 7. The number of hydrogen-bond donors (Lipinski definition) is 1. The van der Waals surface area contributed by atoms with E-state index in [1.165, 1.54) is 0 Å². The number of nitrogens with zero attached hydrogens (tertiary/aromatic N) is 3. The van der Waals surface area contributed by atoms with Crippen molar-refractivity contribution in [2.75, 3.05) is 26.1 Å². The van der Waals surface area contributed by atoms with Crippen LogP contribution in [0.1, 0.15) is 40.7 Å². The molecule has 192 valence electrons. The smallest absolute Gasteiger partial charge is 0.338 e. The van der Waals surface area contributed by atoms with E-state index in [2.05, 4.69) is 5.32 Å². The number of anilines is 1. The number of aryl methyl sites for hydroxylation is 2. The summed E-state index contributed by atoms with van der Waals surface area (Å²) < 4.78 is 17.7. The van der Waals surface area contributed by atoms with E-state index in [0.29, 0.717) is 34.8 Å². The van der Waals surface area contributed by atoms with Crippen LogP contribution in [0.25, 0.3) is 16.9 Å². The van der Waals surface area contributed by atoms with Crippen molar-refractivity contribution in [1.29, 1.82) is 0 Å². The van der Waals surface area contributed by atoms with Crippen LogP contribution >= 0.6 is 0 Å². The van der Waals surface area contributed by atoms with Crippen LogP contribution in [0.5, 0.6) is 11.5 Å². The van der Waals surface area contributed by atoms with Gasteiger partial charge in [0, 0.05) is 41.2 Å². The lowest BCUT2D eigenvalue weighted by molar-refractivity contribution is -0.116. The summed E-state index contributed by atoms with van der Waals surface area (Å²) in [5.41, 5.74) is 5.93. The molecule has 0 spiro atoms. The molecule has 0 saturated carbocycles. The first-order valence-corrected chi connectivity index (χ1v) is 12.0. The molecule has 1 N–H and O–H groups in total. The number of carbonyl (C=O) groups is 2. The van der Waals surface area contributed by atoms with Crippen molar-refractivity contribution in [3.05, 3.63) is 71.0 Å². The summed E-state index contributed by atoms with van der Waals surface area (Å²) in [6, 6.07) is 14.2. The third-order valence-corrected chi connectivity index (χ3v) is 6.11. The Morgan fingerprint density at radius 3 is 2.57 bits per heavy atom. The molecule has 0 unspecified atom stereocenters. The number of nitrogens with one attached hydrogen (secondary N) is 1. The molecule has 0 bridgehead atoms. The minimum atomic E-state index is -0.421. The maximum absolute atomic E-state index is 12.7. The van der Waals surface area contributed by atoms with Crippen LogP contribution in [-0.2, 0) is 16.0 Å². The molecule has 2 aromatic carbocycles. The average Bonchev–Trinajstić information content (AvgIpc) is 3.32. The van der Waals surface area contributed by atoms with Gasteiger partial charge in [-0.1, -0.05) is 6.07 Å². The van der Waals surface area contributed by atoms with E-state index in [1.807, 2.05) is 38.1 Å². The maximum atomic E-state index is 12.7. The monoisotopic (exact) mass is 502 g/mol. The van der Waals surface area contributed by atoms with Crippen molar-refractivity contribution in [2.45, 2.75) is 33.6 Å². The van der Waals surface area contributed by atoms with Gasteiger partial charge in [-0.25, -0.2) is 14.3 Å². The number of esters is 1. The molecule has 37 heavy (non-hydrogen) atoms. The molecule has 0 fully saturated rings. The molecule has 4 rings (SSSR count). The van der Waals surface area contributed by atoms with Gasteiger partial charge in [0.1, 0.15) is 11.5 Å². The predicted octanol–water partition coefficient (Wildman–Crippen LogP) is 4.78. The normalized spacial score (nSPS) is 10.8. The van der Waals surface area contributed by atoms with Crippen molar-refractivity contribution in [1.82, 2.24) is 14.6 Å². The third-order valence-electron chi connectivity index (χ3n) is 6.11. The van der Waals surface area contributed by atoms with E-state index >= 15 is 0 Å². The molecule has 9 nitrogen and oxygen atoms in total. The van der Waals surface area contributed by atoms with Gasteiger partial charge in [0.2, 0.25) is 5.91 Å². The molecular formula is C28H30N4O5. The SMILES string of the molecule is CCOC(=O)c1cccc(NC(=O)CCc2c(C)nc3cc(-c4ccc(OC)cc4OC)nn3c2C)c1. The van der Waals surface area contributed by atoms with Gasteiger partial charge in [0.05, 0.1) is 32.1 Å². The molecule has 0 atom stereocenters. The van der Waals surface area contributed by atoms with E-state index in [0.717, 1.165) is 28.2 Å². The number of carbonyl (C=O) groups excluding carboxylic acids is 2.